The van der Waals surface area contributed by atoms with Crippen molar-refractivity contribution >= 4 is 6.47 Å². The Morgan fingerprint density at radius 2 is 1.83 bits per heavy atom. The second kappa shape index (κ2) is 16.1. The van der Waals surface area contributed by atoms with Crippen molar-refractivity contribution in [3.8, 4) is 0 Å². The minimum atomic E-state index is -0.250. The zero-order valence-electron chi connectivity index (χ0n) is 11.3. The number of hydrogen-bond acceptors (Lipinski definition) is 3. The number of fused-ring (bicyclic) bond motifs is 1. The first-order chi connectivity index (χ1) is 8.19. The van der Waals surface area contributed by atoms with Gasteiger partial charge in [0.1, 0.15) is 0 Å². The highest BCUT2D eigenvalue weighted by Gasteiger charge is 2.33. The van der Waals surface area contributed by atoms with Gasteiger partial charge in [-0.25, -0.2) is 0 Å². The Hall–Kier alpha value is -0.870. The molecule has 0 aromatic heterocycles. The Labute approximate surface area is 112 Å². The SMILES string of the molecule is C.C=CC.CC.O=CO.O[C@H]1CC2CCCN2C1. The summed E-state index contributed by atoms with van der Waals surface area (Å²) in [5.74, 6) is 0. The minimum Gasteiger partial charge on any atom is -0.483 e. The molecule has 2 fully saturated rings. The molecule has 2 atom stereocenters. The fraction of sp³-hybridized carbons (Fsp3) is 0.786. The molecule has 18 heavy (non-hydrogen) atoms. The number of nitrogens with zero attached hydrogens (tertiary/aromatic N) is 1. The summed E-state index contributed by atoms with van der Waals surface area (Å²) in [6.45, 7) is 11.2. The average Bonchev–Trinajstić information content (AvgIpc) is 2.83. The molecule has 0 aromatic rings. The number of aliphatic hydroxyl groups excluding tert-OH is 1. The van der Waals surface area contributed by atoms with Crippen molar-refractivity contribution in [3.05, 3.63) is 12.7 Å². The number of rotatable bonds is 0. The second-order valence-electron chi connectivity index (χ2n) is 3.69. The van der Waals surface area contributed by atoms with Crippen molar-refractivity contribution < 1.29 is 15.0 Å². The summed E-state index contributed by atoms with van der Waals surface area (Å²) in [5, 5.41) is 16.1. The number of allylic oxidation sites excluding steroid dienone is 1. The van der Waals surface area contributed by atoms with Crippen LogP contribution in [0, 0.1) is 0 Å². The lowest BCUT2D eigenvalue weighted by atomic mass is 10.1. The van der Waals surface area contributed by atoms with Crippen LogP contribution < -0.4 is 0 Å². The topological polar surface area (TPSA) is 60.8 Å². The van der Waals surface area contributed by atoms with Gasteiger partial charge in [0.2, 0.25) is 0 Å². The van der Waals surface area contributed by atoms with Crippen LogP contribution in [-0.2, 0) is 4.79 Å². The molecule has 0 saturated carbocycles. The quantitative estimate of drug-likeness (QED) is 0.520. The van der Waals surface area contributed by atoms with Crippen LogP contribution in [0.2, 0.25) is 0 Å². The normalized spacial score (nSPS) is 23.6. The van der Waals surface area contributed by atoms with Gasteiger partial charge in [0.25, 0.3) is 6.47 Å². The molecule has 2 heterocycles. The van der Waals surface area contributed by atoms with E-state index in [4.69, 9.17) is 9.90 Å². The van der Waals surface area contributed by atoms with Crippen LogP contribution in [0.1, 0.15) is 47.5 Å². The first-order valence-electron chi connectivity index (χ1n) is 6.26. The number of carboxylic acid groups (broad SMARTS) is 1. The van der Waals surface area contributed by atoms with Crippen LogP contribution in [0.15, 0.2) is 12.7 Å². The highest BCUT2D eigenvalue weighted by atomic mass is 16.3. The Balaban J connectivity index is -0.000000216. The van der Waals surface area contributed by atoms with E-state index < -0.39 is 0 Å². The third-order valence-corrected chi connectivity index (χ3v) is 2.49. The van der Waals surface area contributed by atoms with Crippen molar-refractivity contribution in [1.82, 2.24) is 4.90 Å². The second-order valence-corrected chi connectivity index (χ2v) is 3.69. The van der Waals surface area contributed by atoms with Gasteiger partial charge in [0, 0.05) is 12.6 Å². The molecule has 0 radical (unpaired) electrons. The molecular formula is C14H31NO3. The fourth-order valence-corrected chi connectivity index (χ4v) is 2.06. The summed E-state index contributed by atoms with van der Waals surface area (Å²) in [7, 11) is 0. The standard InChI is InChI=1S/C7H13NO.C3H6.C2H6.CH2O2.CH4/c9-7-4-6-2-1-3-8(6)5-7;1-3-2;1-2;2-1-3;/h6-7,9H,1-5H2;3H,1H2,2H3;1-2H3;1H,(H,2,3);1H4/t6?,7-;;;;/m0..../s1. The number of carbonyl (C=O) groups is 1. The van der Waals surface area contributed by atoms with Gasteiger partial charge in [0.05, 0.1) is 6.10 Å². The molecule has 2 aliphatic rings. The molecule has 0 aliphatic carbocycles. The molecule has 1 unspecified atom stereocenters. The lowest BCUT2D eigenvalue weighted by Crippen LogP contribution is -2.23. The van der Waals surface area contributed by atoms with E-state index in [1.54, 1.807) is 6.08 Å². The summed E-state index contributed by atoms with van der Waals surface area (Å²) in [6.07, 6.45) is 5.42. The van der Waals surface area contributed by atoms with Crippen LogP contribution in [0.5, 0.6) is 0 Å². The summed E-state index contributed by atoms with van der Waals surface area (Å²) in [4.78, 5) is 10.8. The van der Waals surface area contributed by atoms with E-state index in [1.807, 2.05) is 20.8 Å². The van der Waals surface area contributed by atoms with E-state index in [-0.39, 0.29) is 20.0 Å². The molecule has 4 heteroatoms. The van der Waals surface area contributed by atoms with Crippen molar-refractivity contribution in [1.29, 1.82) is 0 Å². The summed E-state index contributed by atoms with van der Waals surface area (Å²) >= 11 is 0. The smallest absolute Gasteiger partial charge is 0.290 e. The molecule has 110 valence electrons. The van der Waals surface area contributed by atoms with Gasteiger partial charge >= 0.3 is 0 Å². The molecule has 0 spiro atoms. The molecule has 2 N–H and O–H groups in total. The highest BCUT2D eigenvalue weighted by Crippen LogP contribution is 2.27. The lowest BCUT2D eigenvalue weighted by molar-refractivity contribution is -0.122. The van der Waals surface area contributed by atoms with Gasteiger partial charge < -0.3 is 10.2 Å². The van der Waals surface area contributed by atoms with E-state index in [2.05, 4.69) is 11.5 Å². The van der Waals surface area contributed by atoms with Crippen LogP contribution in [-0.4, -0.2) is 46.8 Å². The molecule has 0 amide bonds. The van der Waals surface area contributed by atoms with E-state index in [0.717, 1.165) is 19.0 Å². The minimum absolute atomic E-state index is 0. The Bertz CT molecular complexity index is 168. The Kier molecular flexibility index (Phi) is 20.0. The third-order valence-electron chi connectivity index (χ3n) is 2.49. The van der Waals surface area contributed by atoms with Gasteiger partial charge in [-0.3, -0.25) is 9.69 Å². The van der Waals surface area contributed by atoms with E-state index in [9.17, 15) is 5.11 Å². The maximum Gasteiger partial charge on any atom is 0.290 e. The third kappa shape index (κ3) is 10.3. The van der Waals surface area contributed by atoms with Crippen LogP contribution in [0.4, 0.5) is 0 Å². The van der Waals surface area contributed by atoms with Crippen LogP contribution in [0.25, 0.3) is 0 Å². The summed E-state index contributed by atoms with van der Waals surface area (Å²) in [6, 6.07) is 0.736. The van der Waals surface area contributed by atoms with Crippen molar-refractivity contribution in [2.75, 3.05) is 13.1 Å². The fourth-order valence-electron chi connectivity index (χ4n) is 2.06. The zero-order chi connectivity index (χ0) is 13.7. The van der Waals surface area contributed by atoms with Crippen molar-refractivity contribution in [3.63, 3.8) is 0 Å². The molecule has 2 rings (SSSR count). The molecule has 2 saturated heterocycles. The van der Waals surface area contributed by atoms with E-state index in [1.165, 1.54) is 19.4 Å². The summed E-state index contributed by atoms with van der Waals surface area (Å²) in [5.41, 5.74) is 0. The molecule has 2 aliphatic heterocycles. The van der Waals surface area contributed by atoms with Gasteiger partial charge in [-0.15, -0.1) is 6.58 Å². The van der Waals surface area contributed by atoms with Crippen LogP contribution >= 0.6 is 0 Å². The maximum atomic E-state index is 9.19. The first kappa shape index (κ1) is 22.3. The predicted octanol–water partition coefficient (Wildman–Crippen LogP) is 2.77. The molecule has 0 bridgehead atoms. The van der Waals surface area contributed by atoms with Gasteiger partial charge in [0.15, 0.2) is 0 Å². The monoisotopic (exact) mass is 261 g/mol. The van der Waals surface area contributed by atoms with E-state index >= 15 is 0 Å². The number of hydrogen-bond donors (Lipinski definition) is 2. The molecule has 0 aromatic carbocycles. The van der Waals surface area contributed by atoms with Gasteiger partial charge in [-0.2, -0.15) is 0 Å². The number of aliphatic hydroxyl groups is 1. The van der Waals surface area contributed by atoms with Crippen molar-refractivity contribution in [2.45, 2.75) is 59.6 Å². The highest BCUT2D eigenvalue weighted by molar-refractivity contribution is 5.32. The summed E-state index contributed by atoms with van der Waals surface area (Å²) < 4.78 is 0. The van der Waals surface area contributed by atoms with Crippen molar-refractivity contribution in [2.24, 2.45) is 0 Å². The van der Waals surface area contributed by atoms with Crippen LogP contribution in [0.3, 0.4) is 0 Å². The van der Waals surface area contributed by atoms with Gasteiger partial charge in [-0.05, 0) is 32.7 Å². The van der Waals surface area contributed by atoms with Gasteiger partial charge in [-0.1, -0.05) is 27.4 Å². The predicted molar refractivity (Wildman–Crippen MR) is 77.9 cm³/mol. The lowest BCUT2D eigenvalue weighted by Gasteiger charge is -2.11. The van der Waals surface area contributed by atoms with E-state index in [0.29, 0.717) is 0 Å². The maximum absolute atomic E-state index is 9.19. The largest absolute Gasteiger partial charge is 0.483 e. The molecule has 4 nitrogen and oxygen atoms in total. The Morgan fingerprint density at radius 1 is 1.39 bits per heavy atom. The molecular weight excluding hydrogens is 230 g/mol. The average molecular weight is 261 g/mol. The Morgan fingerprint density at radius 3 is 2.22 bits per heavy atom. The first-order valence-corrected chi connectivity index (χ1v) is 6.26. The zero-order valence-corrected chi connectivity index (χ0v) is 11.3.